The molecule has 0 aliphatic carbocycles. The predicted octanol–water partition coefficient (Wildman–Crippen LogP) is 4.09. The summed E-state index contributed by atoms with van der Waals surface area (Å²) in [4.78, 5) is 0. The van der Waals surface area contributed by atoms with E-state index >= 15 is 0 Å². The third-order valence-corrected chi connectivity index (χ3v) is 2.30. The van der Waals surface area contributed by atoms with Gasteiger partial charge in [0.25, 0.3) is 0 Å². The van der Waals surface area contributed by atoms with Crippen molar-refractivity contribution < 1.29 is 0 Å². The fourth-order valence-electron chi connectivity index (χ4n) is 1.02. The van der Waals surface area contributed by atoms with Gasteiger partial charge >= 0.3 is 0 Å². The molecule has 2 heteroatoms. The molecule has 0 aromatic heterocycles. The lowest BCUT2D eigenvalue weighted by Gasteiger charge is -2.07. The van der Waals surface area contributed by atoms with Gasteiger partial charge in [0, 0.05) is 5.25 Å². The van der Waals surface area contributed by atoms with Gasteiger partial charge in [0.05, 0.1) is 0 Å². The highest BCUT2D eigenvalue weighted by molar-refractivity contribution is 7.80. The van der Waals surface area contributed by atoms with Gasteiger partial charge in [0.1, 0.15) is 0 Å². The van der Waals surface area contributed by atoms with E-state index in [-0.39, 0.29) is 12.4 Å². The van der Waals surface area contributed by atoms with Crippen LogP contribution in [0, 0.1) is 0 Å². The molecule has 0 saturated carbocycles. The van der Waals surface area contributed by atoms with E-state index in [0.29, 0.717) is 5.25 Å². The molecule has 0 aromatic carbocycles. The second-order valence-electron chi connectivity index (χ2n) is 2.94. The molecule has 0 amide bonds. The summed E-state index contributed by atoms with van der Waals surface area (Å²) in [6.45, 7) is 4.47. The zero-order chi connectivity index (χ0) is 7.82. The fraction of sp³-hybridized carbons (Fsp3) is 1.00. The Hall–Kier alpha value is 0.640. The second kappa shape index (κ2) is 10.6. The molecule has 0 radical (unpaired) electrons. The van der Waals surface area contributed by atoms with Crippen molar-refractivity contribution in [2.24, 2.45) is 0 Å². The van der Waals surface area contributed by atoms with Gasteiger partial charge in [0.15, 0.2) is 0 Å². The molecule has 0 N–H and O–H groups in total. The third kappa shape index (κ3) is 10.6. The fourth-order valence-corrected chi connectivity index (χ4v) is 1.39. The summed E-state index contributed by atoms with van der Waals surface area (Å²) in [5.74, 6) is 0. The Kier molecular flexibility index (Phi) is 13.7. The minimum absolute atomic E-state index is 0. The lowest BCUT2D eigenvalue weighted by Crippen LogP contribution is -1.97. The van der Waals surface area contributed by atoms with Gasteiger partial charge in [0.2, 0.25) is 0 Å². The van der Waals surface area contributed by atoms with Crippen LogP contribution in [0.5, 0.6) is 0 Å². The van der Waals surface area contributed by atoms with E-state index in [9.17, 15) is 0 Å². The van der Waals surface area contributed by atoms with Crippen LogP contribution in [-0.4, -0.2) is 5.25 Å². The summed E-state index contributed by atoms with van der Waals surface area (Å²) in [7, 11) is 0. The molecule has 70 valence electrons. The van der Waals surface area contributed by atoms with Gasteiger partial charge in [-0.15, -0.1) is 12.4 Å². The topological polar surface area (TPSA) is 0 Å². The van der Waals surface area contributed by atoms with Gasteiger partial charge in [-0.25, -0.2) is 0 Å². The summed E-state index contributed by atoms with van der Waals surface area (Å²) in [6, 6.07) is 0. The molecule has 0 aliphatic rings. The van der Waals surface area contributed by atoms with Crippen LogP contribution in [-0.2, 0) is 0 Å². The summed E-state index contributed by atoms with van der Waals surface area (Å²) in [5.41, 5.74) is 0. The van der Waals surface area contributed by atoms with Crippen molar-refractivity contribution >= 4 is 25.0 Å². The average Bonchev–Trinajstić information content (AvgIpc) is 1.97. The molecular formula is C9H21ClS. The molecule has 0 spiro atoms. The maximum atomic E-state index is 4.50. The lowest BCUT2D eigenvalue weighted by molar-refractivity contribution is 0.618. The molecule has 0 bridgehead atoms. The second-order valence-corrected chi connectivity index (χ2v) is 3.67. The van der Waals surface area contributed by atoms with Crippen molar-refractivity contribution in [3.05, 3.63) is 0 Å². The van der Waals surface area contributed by atoms with Gasteiger partial charge in [-0.05, 0) is 12.8 Å². The molecule has 0 unspecified atom stereocenters. The van der Waals surface area contributed by atoms with Crippen LogP contribution in [0.2, 0.25) is 0 Å². The molecule has 0 saturated heterocycles. The van der Waals surface area contributed by atoms with Gasteiger partial charge < -0.3 is 0 Å². The highest BCUT2D eigenvalue weighted by Gasteiger charge is 1.99. The first-order valence-corrected chi connectivity index (χ1v) is 5.01. The Morgan fingerprint density at radius 3 is 1.64 bits per heavy atom. The molecule has 0 aliphatic heterocycles. The first-order valence-electron chi connectivity index (χ1n) is 4.49. The van der Waals surface area contributed by atoms with Crippen molar-refractivity contribution in [2.45, 2.75) is 57.6 Å². The molecule has 0 fully saturated rings. The molecule has 0 nitrogen and oxygen atoms in total. The monoisotopic (exact) mass is 196 g/mol. The van der Waals surface area contributed by atoms with E-state index < -0.39 is 0 Å². The molecule has 11 heavy (non-hydrogen) atoms. The molecule has 0 atom stereocenters. The maximum absolute atomic E-state index is 4.50. The molecule has 0 rings (SSSR count). The van der Waals surface area contributed by atoms with E-state index in [4.69, 9.17) is 0 Å². The highest BCUT2D eigenvalue weighted by atomic mass is 35.5. The molecule has 0 heterocycles. The van der Waals surface area contributed by atoms with Crippen LogP contribution < -0.4 is 0 Å². The van der Waals surface area contributed by atoms with E-state index in [1.807, 2.05) is 0 Å². The Morgan fingerprint density at radius 1 is 1.00 bits per heavy atom. The molecule has 0 aromatic rings. The van der Waals surface area contributed by atoms with Crippen molar-refractivity contribution in [3.63, 3.8) is 0 Å². The predicted molar refractivity (Wildman–Crippen MR) is 59.1 cm³/mol. The number of hydrogen-bond acceptors (Lipinski definition) is 1. The van der Waals surface area contributed by atoms with Crippen LogP contribution in [0.1, 0.15) is 52.4 Å². The first-order chi connectivity index (χ1) is 4.81. The van der Waals surface area contributed by atoms with Crippen molar-refractivity contribution in [1.82, 2.24) is 0 Å². The Bertz CT molecular complexity index is 58.6. The highest BCUT2D eigenvalue weighted by Crippen LogP contribution is 2.13. The summed E-state index contributed by atoms with van der Waals surface area (Å²) < 4.78 is 0. The number of rotatable bonds is 6. The minimum Gasteiger partial charge on any atom is -0.176 e. The SMILES string of the molecule is CCCCC(S)CCCC.Cl. The number of hydrogen-bond donors (Lipinski definition) is 1. The lowest BCUT2D eigenvalue weighted by atomic mass is 10.1. The van der Waals surface area contributed by atoms with Gasteiger partial charge in [-0.2, -0.15) is 12.6 Å². The Morgan fingerprint density at radius 2 is 1.36 bits per heavy atom. The standard InChI is InChI=1S/C9H20S.ClH/c1-3-5-7-9(10)8-6-4-2;/h9-10H,3-8H2,1-2H3;1H. The summed E-state index contributed by atoms with van der Waals surface area (Å²) in [5, 5.41) is 0.667. The Balaban J connectivity index is 0. The van der Waals surface area contributed by atoms with Gasteiger partial charge in [-0.1, -0.05) is 39.5 Å². The van der Waals surface area contributed by atoms with E-state index in [2.05, 4.69) is 26.5 Å². The van der Waals surface area contributed by atoms with Crippen molar-refractivity contribution in [2.75, 3.05) is 0 Å². The first kappa shape index (κ1) is 14.2. The van der Waals surface area contributed by atoms with Crippen LogP contribution in [0.4, 0.5) is 0 Å². The largest absolute Gasteiger partial charge is 0.176 e. The maximum Gasteiger partial charge on any atom is 0.00168 e. The smallest absolute Gasteiger partial charge is 0.00168 e. The summed E-state index contributed by atoms with van der Waals surface area (Å²) in [6.07, 6.45) is 7.92. The van der Waals surface area contributed by atoms with Crippen LogP contribution in [0.25, 0.3) is 0 Å². The van der Waals surface area contributed by atoms with Gasteiger partial charge in [-0.3, -0.25) is 0 Å². The summed E-state index contributed by atoms with van der Waals surface area (Å²) >= 11 is 4.50. The average molecular weight is 197 g/mol. The normalized spacial score (nSPS) is 9.82. The zero-order valence-corrected chi connectivity index (χ0v) is 9.39. The van der Waals surface area contributed by atoms with Crippen molar-refractivity contribution in [1.29, 1.82) is 0 Å². The zero-order valence-electron chi connectivity index (χ0n) is 7.68. The number of thiol groups is 1. The third-order valence-electron chi connectivity index (χ3n) is 1.78. The van der Waals surface area contributed by atoms with Crippen LogP contribution >= 0.6 is 25.0 Å². The molecular weight excluding hydrogens is 176 g/mol. The van der Waals surface area contributed by atoms with E-state index in [1.165, 1.54) is 38.5 Å². The number of halogens is 1. The van der Waals surface area contributed by atoms with Crippen molar-refractivity contribution in [3.8, 4) is 0 Å². The Labute approximate surface area is 83.0 Å². The van der Waals surface area contributed by atoms with E-state index in [0.717, 1.165) is 0 Å². The quantitative estimate of drug-likeness (QED) is 0.608. The number of unbranched alkanes of at least 4 members (excludes halogenated alkanes) is 2. The van der Waals surface area contributed by atoms with Crippen LogP contribution in [0.15, 0.2) is 0 Å². The minimum atomic E-state index is 0. The van der Waals surface area contributed by atoms with Crippen LogP contribution in [0.3, 0.4) is 0 Å². The van der Waals surface area contributed by atoms with E-state index in [1.54, 1.807) is 0 Å².